The Morgan fingerprint density at radius 1 is 1.15 bits per heavy atom. The molecule has 2 aromatic carbocycles. The summed E-state index contributed by atoms with van der Waals surface area (Å²) in [5.41, 5.74) is 1.72. The Morgan fingerprint density at radius 2 is 1.92 bits per heavy atom. The molecule has 1 aliphatic heterocycles. The number of halogens is 1. The van der Waals surface area contributed by atoms with E-state index in [4.69, 9.17) is 4.74 Å². The Bertz CT molecular complexity index is 743. The van der Waals surface area contributed by atoms with Gasteiger partial charge in [0.25, 0.3) is 0 Å². The minimum Gasteiger partial charge on any atom is -0.379 e. The lowest BCUT2D eigenvalue weighted by molar-refractivity contribution is -0.117. The van der Waals surface area contributed by atoms with Crippen LogP contribution in [0.2, 0.25) is 0 Å². The van der Waals surface area contributed by atoms with Crippen molar-refractivity contribution in [2.75, 3.05) is 32.8 Å². The predicted octanol–water partition coefficient (Wildman–Crippen LogP) is 3.03. The van der Waals surface area contributed by atoms with E-state index in [2.05, 4.69) is 10.2 Å². The van der Waals surface area contributed by atoms with Gasteiger partial charge in [-0.05, 0) is 29.3 Å². The Kier molecular flexibility index (Phi) is 6.52. The van der Waals surface area contributed by atoms with E-state index < -0.39 is 0 Å². The number of amides is 1. The summed E-state index contributed by atoms with van der Waals surface area (Å²) in [6.07, 6.45) is 3.07. The number of nitrogens with one attached hydrogen (secondary N) is 1. The van der Waals surface area contributed by atoms with Crippen molar-refractivity contribution in [1.29, 1.82) is 0 Å². The topological polar surface area (TPSA) is 41.6 Å². The number of hydrogen-bond acceptors (Lipinski definition) is 3. The van der Waals surface area contributed by atoms with Gasteiger partial charge in [-0.1, -0.05) is 42.5 Å². The van der Waals surface area contributed by atoms with Crippen LogP contribution in [0.4, 0.5) is 4.39 Å². The summed E-state index contributed by atoms with van der Waals surface area (Å²) in [6.45, 7) is 3.88. The molecule has 1 saturated heterocycles. The lowest BCUT2D eigenvalue weighted by Crippen LogP contribution is -2.42. The first-order valence-electron chi connectivity index (χ1n) is 8.80. The predicted molar refractivity (Wildman–Crippen MR) is 100 cm³/mol. The van der Waals surface area contributed by atoms with Crippen molar-refractivity contribution < 1.29 is 13.9 Å². The van der Waals surface area contributed by atoms with Crippen molar-refractivity contribution in [3.05, 3.63) is 77.6 Å². The Balaban J connectivity index is 1.67. The van der Waals surface area contributed by atoms with Gasteiger partial charge in [0.1, 0.15) is 5.82 Å². The van der Waals surface area contributed by atoms with Gasteiger partial charge in [0.05, 0.1) is 19.3 Å². The number of morpholine rings is 1. The fourth-order valence-corrected chi connectivity index (χ4v) is 2.96. The summed E-state index contributed by atoms with van der Waals surface area (Å²) in [7, 11) is 0. The molecule has 1 fully saturated rings. The highest BCUT2D eigenvalue weighted by atomic mass is 19.1. The van der Waals surface area contributed by atoms with Crippen molar-refractivity contribution >= 4 is 12.0 Å². The van der Waals surface area contributed by atoms with Gasteiger partial charge in [0.2, 0.25) is 5.91 Å². The first-order chi connectivity index (χ1) is 12.7. The van der Waals surface area contributed by atoms with Gasteiger partial charge >= 0.3 is 0 Å². The van der Waals surface area contributed by atoms with Crippen LogP contribution in [0.25, 0.3) is 6.08 Å². The molecule has 1 amide bonds. The van der Waals surface area contributed by atoms with E-state index in [1.807, 2.05) is 30.3 Å². The minimum absolute atomic E-state index is 0.112. The number of hydrogen-bond donors (Lipinski definition) is 1. The Morgan fingerprint density at radius 3 is 2.65 bits per heavy atom. The highest BCUT2D eigenvalue weighted by Crippen LogP contribution is 2.15. The molecule has 0 spiro atoms. The molecule has 1 atom stereocenters. The van der Waals surface area contributed by atoms with Gasteiger partial charge in [-0.15, -0.1) is 0 Å². The SMILES string of the molecule is O=C(/C=C/c1cccc(F)c1)NC(CN1CCOCC1)c1ccccc1. The highest BCUT2D eigenvalue weighted by molar-refractivity contribution is 5.92. The fourth-order valence-electron chi connectivity index (χ4n) is 2.96. The summed E-state index contributed by atoms with van der Waals surface area (Å²) < 4.78 is 18.6. The highest BCUT2D eigenvalue weighted by Gasteiger charge is 2.19. The zero-order valence-corrected chi connectivity index (χ0v) is 14.6. The van der Waals surface area contributed by atoms with E-state index in [0.29, 0.717) is 5.56 Å². The normalized spacial score (nSPS) is 16.5. The molecule has 5 heteroatoms. The van der Waals surface area contributed by atoms with Gasteiger partial charge in [0, 0.05) is 25.7 Å². The Hall–Kier alpha value is -2.50. The maximum atomic E-state index is 13.2. The third-order valence-corrected chi connectivity index (χ3v) is 4.34. The number of benzene rings is 2. The van der Waals surface area contributed by atoms with E-state index in [9.17, 15) is 9.18 Å². The molecule has 0 aromatic heterocycles. The summed E-state index contributed by atoms with van der Waals surface area (Å²) in [5.74, 6) is -0.515. The van der Waals surface area contributed by atoms with Crippen LogP contribution in [0.1, 0.15) is 17.2 Å². The molecule has 0 bridgehead atoms. The molecule has 1 N–H and O–H groups in total. The largest absolute Gasteiger partial charge is 0.379 e. The molecule has 136 valence electrons. The summed E-state index contributed by atoms with van der Waals surface area (Å²) >= 11 is 0. The third-order valence-electron chi connectivity index (χ3n) is 4.34. The Labute approximate surface area is 153 Å². The average Bonchev–Trinajstić information content (AvgIpc) is 2.67. The molecule has 4 nitrogen and oxygen atoms in total. The summed E-state index contributed by atoms with van der Waals surface area (Å²) in [5, 5.41) is 3.06. The van der Waals surface area contributed by atoms with E-state index >= 15 is 0 Å². The molecule has 3 rings (SSSR count). The zero-order valence-electron chi connectivity index (χ0n) is 14.6. The zero-order chi connectivity index (χ0) is 18.2. The maximum absolute atomic E-state index is 13.2. The number of carbonyl (C=O) groups is 1. The number of rotatable bonds is 6. The minimum atomic E-state index is -0.318. The molecule has 26 heavy (non-hydrogen) atoms. The van der Waals surface area contributed by atoms with Crippen molar-refractivity contribution in [2.45, 2.75) is 6.04 Å². The molecule has 2 aromatic rings. The quantitative estimate of drug-likeness (QED) is 0.811. The van der Waals surface area contributed by atoms with Gasteiger partial charge in [-0.2, -0.15) is 0 Å². The first-order valence-corrected chi connectivity index (χ1v) is 8.80. The molecular formula is C21H23FN2O2. The molecule has 0 radical (unpaired) electrons. The smallest absolute Gasteiger partial charge is 0.244 e. The van der Waals surface area contributed by atoms with Gasteiger partial charge in [-0.3, -0.25) is 9.69 Å². The second-order valence-corrected chi connectivity index (χ2v) is 6.27. The molecule has 1 unspecified atom stereocenters. The van der Waals surface area contributed by atoms with Crippen molar-refractivity contribution in [3.63, 3.8) is 0 Å². The molecular weight excluding hydrogens is 331 g/mol. The van der Waals surface area contributed by atoms with Gasteiger partial charge in [0.15, 0.2) is 0 Å². The van der Waals surface area contributed by atoms with Crippen LogP contribution in [0.15, 0.2) is 60.7 Å². The van der Waals surface area contributed by atoms with Crippen molar-refractivity contribution in [3.8, 4) is 0 Å². The van der Waals surface area contributed by atoms with Crippen LogP contribution in [0, 0.1) is 5.82 Å². The summed E-state index contributed by atoms with van der Waals surface area (Å²) in [6, 6.07) is 16.0. The van der Waals surface area contributed by atoms with Crippen molar-refractivity contribution in [1.82, 2.24) is 10.2 Å². The maximum Gasteiger partial charge on any atom is 0.244 e. The average molecular weight is 354 g/mol. The van der Waals surface area contributed by atoms with Gasteiger partial charge < -0.3 is 10.1 Å². The standard InChI is InChI=1S/C21H23FN2O2/c22-19-8-4-5-17(15-19)9-10-21(25)23-20(18-6-2-1-3-7-18)16-24-11-13-26-14-12-24/h1-10,15,20H,11-14,16H2,(H,23,25)/b10-9+. The lowest BCUT2D eigenvalue weighted by atomic mass is 10.1. The van der Waals surface area contributed by atoms with E-state index in [-0.39, 0.29) is 17.8 Å². The van der Waals surface area contributed by atoms with Crippen molar-refractivity contribution in [2.24, 2.45) is 0 Å². The number of nitrogens with zero attached hydrogens (tertiary/aromatic N) is 1. The van der Waals surface area contributed by atoms with E-state index in [0.717, 1.165) is 38.4 Å². The van der Waals surface area contributed by atoms with Crippen LogP contribution < -0.4 is 5.32 Å². The molecule has 1 heterocycles. The van der Waals surface area contributed by atoms with Gasteiger partial charge in [-0.25, -0.2) is 4.39 Å². The fraction of sp³-hybridized carbons (Fsp3) is 0.286. The van der Waals surface area contributed by atoms with E-state index in [1.165, 1.54) is 18.2 Å². The van der Waals surface area contributed by atoms with Crippen LogP contribution in [-0.2, 0) is 9.53 Å². The third kappa shape index (κ3) is 5.51. The monoisotopic (exact) mass is 354 g/mol. The van der Waals surface area contributed by atoms with Crippen LogP contribution in [-0.4, -0.2) is 43.7 Å². The first kappa shape index (κ1) is 18.3. The summed E-state index contributed by atoms with van der Waals surface area (Å²) in [4.78, 5) is 14.7. The number of carbonyl (C=O) groups excluding carboxylic acids is 1. The lowest BCUT2D eigenvalue weighted by Gasteiger charge is -2.31. The molecule has 0 saturated carbocycles. The number of ether oxygens (including phenoxy) is 1. The molecule has 0 aliphatic carbocycles. The van der Waals surface area contributed by atoms with Crippen LogP contribution >= 0.6 is 0 Å². The van der Waals surface area contributed by atoms with E-state index in [1.54, 1.807) is 18.2 Å². The van der Waals surface area contributed by atoms with Crippen LogP contribution in [0.5, 0.6) is 0 Å². The van der Waals surface area contributed by atoms with Crippen LogP contribution in [0.3, 0.4) is 0 Å². The second kappa shape index (κ2) is 9.27. The molecule has 1 aliphatic rings. The second-order valence-electron chi connectivity index (χ2n) is 6.27.